The van der Waals surface area contributed by atoms with Crippen LogP contribution in [0.3, 0.4) is 0 Å². The second kappa shape index (κ2) is 9.85. The van der Waals surface area contributed by atoms with E-state index >= 15 is 0 Å². The van der Waals surface area contributed by atoms with Crippen molar-refractivity contribution in [2.45, 2.75) is 44.8 Å². The van der Waals surface area contributed by atoms with E-state index in [4.69, 9.17) is 4.74 Å². The number of hydrogen-bond donors (Lipinski definition) is 1. The lowest BCUT2D eigenvalue weighted by molar-refractivity contribution is 0.194. The second-order valence-corrected chi connectivity index (χ2v) is 6.97. The zero-order chi connectivity index (χ0) is 13.1. The van der Waals surface area contributed by atoms with Crippen molar-refractivity contribution < 1.29 is 13.2 Å². The van der Waals surface area contributed by atoms with Crippen molar-refractivity contribution in [1.82, 2.24) is 5.32 Å². The molecule has 0 aromatic heterocycles. The predicted octanol–water partition coefficient (Wildman–Crippen LogP) is 1.61. The monoisotopic (exact) mass is 265 g/mol. The molecule has 4 nitrogen and oxygen atoms in total. The zero-order valence-corrected chi connectivity index (χ0v) is 12.2. The molecule has 0 saturated heterocycles. The minimum Gasteiger partial charge on any atom is -0.385 e. The van der Waals surface area contributed by atoms with Crippen LogP contribution >= 0.6 is 0 Å². The van der Waals surface area contributed by atoms with Crippen LogP contribution in [0.5, 0.6) is 0 Å². The Morgan fingerprint density at radius 2 is 1.94 bits per heavy atom. The van der Waals surface area contributed by atoms with Gasteiger partial charge in [-0.2, -0.15) is 0 Å². The number of methoxy groups -OCH3 is 1. The molecule has 0 fully saturated rings. The maximum Gasteiger partial charge on any atom is 0.154 e. The standard InChI is InChI=1S/C12H27NO3S/c1-4-5-6-10-17(14,15)12(2)11-13-8-7-9-16-3/h12-13H,4-11H2,1-3H3. The first kappa shape index (κ1) is 16.9. The van der Waals surface area contributed by atoms with E-state index in [0.717, 1.165) is 32.2 Å². The molecular weight excluding hydrogens is 238 g/mol. The molecule has 0 aliphatic carbocycles. The van der Waals surface area contributed by atoms with E-state index in [9.17, 15) is 8.42 Å². The van der Waals surface area contributed by atoms with Gasteiger partial charge >= 0.3 is 0 Å². The van der Waals surface area contributed by atoms with Crippen LogP contribution in [0.1, 0.15) is 39.5 Å². The molecule has 104 valence electrons. The van der Waals surface area contributed by atoms with Gasteiger partial charge in [-0.25, -0.2) is 8.42 Å². The fraction of sp³-hybridized carbons (Fsp3) is 1.00. The van der Waals surface area contributed by atoms with E-state index < -0.39 is 9.84 Å². The summed E-state index contributed by atoms with van der Waals surface area (Å²) in [6.07, 6.45) is 3.75. The van der Waals surface area contributed by atoms with Crippen molar-refractivity contribution in [2.24, 2.45) is 0 Å². The molecule has 1 N–H and O–H groups in total. The normalized spacial score (nSPS) is 13.8. The molecule has 0 saturated carbocycles. The molecule has 5 heteroatoms. The Kier molecular flexibility index (Phi) is 9.78. The van der Waals surface area contributed by atoms with Crippen LogP contribution in [-0.2, 0) is 14.6 Å². The Morgan fingerprint density at radius 1 is 1.24 bits per heavy atom. The first-order chi connectivity index (χ1) is 8.04. The molecule has 0 aliphatic rings. The van der Waals surface area contributed by atoms with Crippen LogP contribution in [0.15, 0.2) is 0 Å². The Hall–Kier alpha value is -0.130. The van der Waals surface area contributed by atoms with Crippen LogP contribution in [0, 0.1) is 0 Å². The van der Waals surface area contributed by atoms with Gasteiger partial charge in [0.25, 0.3) is 0 Å². The van der Waals surface area contributed by atoms with Gasteiger partial charge in [0.05, 0.1) is 11.0 Å². The highest BCUT2D eigenvalue weighted by Gasteiger charge is 2.19. The molecule has 0 aromatic rings. The fourth-order valence-electron chi connectivity index (χ4n) is 1.53. The Morgan fingerprint density at radius 3 is 2.53 bits per heavy atom. The van der Waals surface area contributed by atoms with E-state index in [-0.39, 0.29) is 5.25 Å². The van der Waals surface area contributed by atoms with Gasteiger partial charge in [-0.1, -0.05) is 19.8 Å². The lowest BCUT2D eigenvalue weighted by Crippen LogP contribution is -2.33. The summed E-state index contributed by atoms with van der Waals surface area (Å²) in [5.74, 6) is 0.321. The third-order valence-corrected chi connectivity index (χ3v) is 5.03. The molecule has 0 aromatic carbocycles. The number of unbranched alkanes of at least 4 members (excludes halogenated alkanes) is 2. The molecule has 0 radical (unpaired) electrons. The van der Waals surface area contributed by atoms with Crippen LogP contribution in [0.25, 0.3) is 0 Å². The van der Waals surface area contributed by atoms with Crippen molar-refractivity contribution >= 4 is 9.84 Å². The largest absolute Gasteiger partial charge is 0.385 e. The zero-order valence-electron chi connectivity index (χ0n) is 11.4. The van der Waals surface area contributed by atoms with Gasteiger partial charge < -0.3 is 10.1 Å². The minimum absolute atomic E-state index is 0.290. The molecular formula is C12H27NO3S. The maximum atomic E-state index is 11.9. The van der Waals surface area contributed by atoms with Crippen molar-refractivity contribution in [3.63, 3.8) is 0 Å². The van der Waals surface area contributed by atoms with Crippen LogP contribution in [0.4, 0.5) is 0 Å². The summed E-state index contributed by atoms with van der Waals surface area (Å²) in [5, 5.41) is 2.87. The quantitative estimate of drug-likeness (QED) is 0.577. The smallest absolute Gasteiger partial charge is 0.154 e. The highest BCUT2D eigenvalue weighted by Crippen LogP contribution is 2.06. The van der Waals surface area contributed by atoms with Gasteiger partial charge in [-0.3, -0.25) is 0 Å². The number of ether oxygens (including phenoxy) is 1. The van der Waals surface area contributed by atoms with Crippen molar-refractivity contribution in [3.8, 4) is 0 Å². The topological polar surface area (TPSA) is 55.4 Å². The fourth-order valence-corrected chi connectivity index (χ4v) is 2.91. The predicted molar refractivity (Wildman–Crippen MR) is 72.1 cm³/mol. The molecule has 0 bridgehead atoms. The van der Waals surface area contributed by atoms with Gasteiger partial charge in [-0.15, -0.1) is 0 Å². The summed E-state index contributed by atoms with van der Waals surface area (Å²) in [7, 11) is -1.25. The Labute approximate surface area is 106 Å². The lowest BCUT2D eigenvalue weighted by atomic mass is 10.3. The molecule has 17 heavy (non-hydrogen) atoms. The van der Waals surface area contributed by atoms with Crippen molar-refractivity contribution in [2.75, 3.05) is 32.6 Å². The van der Waals surface area contributed by atoms with Gasteiger partial charge in [0.2, 0.25) is 0 Å². The highest BCUT2D eigenvalue weighted by atomic mass is 32.2. The Balaban J connectivity index is 3.75. The van der Waals surface area contributed by atoms with Gasteiger partial charge in [0.1, 0.15) is 0 Å². The molecule has 0 spiro atoms. The molecule has 1 atom stereocenters. The minimum atomic E-state index is -2.92. The van der Waals surface area contributed by atoms with Crippen LogP contribution < -0.4 is 5.32 Å². The lowest BCUT2D eigenvalue weighted by Gasteiger charge is -2.13. The van der Waals surface area contributed by atoms with E-state index in [1.54, 1.807) is 14.0 Å². The van der Waals surface area contributed by atoms with Crippen LogP contribution in [0.2, 0.25) is 0 Å². The van der Waals surface area contributed by atoms with Gasteiger partial charge in [0, 0.05) is 20.3 Å². The molecule has 0 rings (SSSR count). The first-order valence-corrected chi connectivity index (χ1v) is 8.17. The van der Waals surface area contributed by atoms with Gasteiger partial charge in [-0.05, 0) is 26.3 Å². The van der Waals surface area contributed by atoms with E-state index in [2.05, 4.69) is 12.2 Å². The van der Waals surface area contributed by atoms with Crippen LogP contribution in [-0.4, -0.2) is 46.2 Å². The number of rotatable bonds is 11. The van der Waals surface area contributed by atoms with Gasteiger partial charge in [0.15, 0.2) is 9.84 Å². The average molecular weight is 265 g/mol. The molecule has 0 amide bonds. The van der Waals surface area contributed by atoms with E-state index in [1.165, 1.54) is 0 Å². The number of nitrogens with one attached hydrogen (secondary N) is 1. The number of hydrogen-bond acceptors (Lipinski definition) is 4. The summed E-state index contributed by atoms with van der Waals surface area (Å²) in [5.41, 5.74) is 0. The molecule has 1 unspecified atom stereocenters. The summed E-state index contributed by atoms with van der Waals surface area (Å²) in [6, 6.07) is 0. The summed E-state index contributed by atoms with van der Waals surface area (Å²) < 4.78 is 28.6. The summed E-state index contributed by atoms with van der Waals surface area (Å²) >= 11 is 0. The molecule has 0 heterocycles. The first-order valence-electron chi connectivity index (χ1n) is 6.45. The second-order valence-electron chi connectivity index (χ2n) is 4.44. The third kappa shape index (κ3) is 8.57. The third-order valence-electron chi connectivity index (χ3n) is 2.78. The maximum absolute atomic E-state index is 11.9. The van der Waals surface area contributed by atoms with Crippen molar-refractivity contribution in [1.29, 1.82) is 0 Å². The summed E-state index contributed by atoms with van der Waals surface area (Å²) in [4.78, 5) is 0. The molecule has 0 aliphatic heterocycles. The van der Waals surface area contributed by atoms with E-state index in [0.29, 0.717) is 18.9 Å². The van der Waals surface area contributed by atoms with Crippen molar-refractivity contribution in [3.05, 3.63) is 0 Å². The highest BCUT2D eigenvalue weighted by molar-refractivity contribution is 7.92. The number of sulfone groups is 1. The SMILES string of the molecule is CCCCCS(=O)(=O)C(C)CNCCCOC. The Bertz CT molecular complexity index is 265. The van der Waals surface area contributed by atoms with E-state index in [1.807, 2.05) is 0 Å². The summed E-state index contributed by atoms with van der Waals surface area (Å²) in [6.45, 7) is 5.92. The average Bonchev–Trinajstić information content (AvgIpc) is 2.28.